The Balaban J connectivity index is 1.55. The van der Waals surface area contributed by atoms with E-state index < -0.39 is 0 Å². The van der Waals surface area contributed by atoms with Crippen molar-refractivity contribution in [1.29, 1.82) is 0 Å². The van der Waals surface area contributed by atoms with Crippen LogP contribution in [-0.2, 0) is 16.0 Å². The van der Waals surface area contributed by atoms with Gasteiger partial charge in [-0.2, -0.15) is 0 Å². The Labute approximate surface area is 149 Å². The van der Waals surface area contributed by atoms with Crippen molar-refractivity contribution in [3.63, 3.8) is 0 Å². The number of rotatable bonds is 8. The van der Waals surface area contributed by atoms with Crippen molar-refractivity contribution in [2.24, 2.45) is 5.92 Å². The molecule has 2 amide bonds. The van der Waals surface area contributed by atoms with Gasteiger partial charge in [-0.1, -0.05) is 19.1 Å². The molecule has 0 aliphatic carbocycles. The van der Waals surface area contributed by atoms with Gasteiger partial charge in [-0.05, 0) is 56.0 Å². The topological polar surface area (TPSA) is 61.4 Å². The van der Waals surface area contributed by atoms with Crippen LogP contribution in [0, 0.1) is 11.7 Å². The second-order valence-corrected chi connectivity index (χ2v) is 6.83. The molecule has 1 aromatic rings. The molecule has 0 unspecified atom stereocenters. The predicted octanol–water partition coefficient (Wildman–Crippen LogP) is 1.72. The maximum Gasteiger partial charge on any atom is 0.239 e. The first-order valence-corrected chi connectivity index (χ1v) is 9.03. The van der Waals surface area contributed by atoms with Gasteiger partial charge in [-0.3, -0.25) is 9.59 Å². The minimum Gasteiger partial charge on any atom is -0.355 e. The van der Waals surface area contributed by atoms with Gasteiger partial charge in [0, 0.05) is 13.1 Å². The van der Waals surface area contributed by atoms with E-state index in [0.29, 0.717) is 12.1 Å². The highest BCUT2D eigenvalue weighted by molar-refractivity contribution is 5.85. The Hall–Kier alpha value is -1.95. The Kier molecular flexibility index (Phi) is 7.85. The fraction of sp³-hybridized carbons (Fsp3) is 0.579. The normalized spacial score (nSPS) is 17.9. The molecule has 1 aromatic carbocycles. The van der Waals surface area contributed by atoms with Crippen LogP contribution in [0.3, 0.4) is 0 Å². The lowest BCUT2D eigenvalue weighted by Crippen LogP contribution is -2.39. The maximum atomic E-state index is 13.1. The van der Waals surface area contributed by atoms with E-state index in [1.807, 2.05) is 0 Å². The minimum absolute atomic E-state index is 0.0467. The third kappa shape index (κ3) is 7.65. The summed E-state index contributed by atoms with van der Waals surface area (Å²) in [5.41, 5.74) is 0.591. The summed E-state index contributed by atoms with van der Waals surface area (Å²) < 4.78 is 13.1. The highest BCUT2D eigenvalue weighted by Gasteiger charge is 2.15. The molecule has 1 atom stereocenters. The van der Waals surface area contributed by atoms with E-state index in [1.54, 1.807) is 12.1 Å². The van der Waals surface area contributed by atoms with Gasteiger partial charge < -0.3 is 15.5 Å². The number of nitrogens with one attached hydrogen (secondary N) is 2. The van der Waals surface area contributed by atoms with E-state index >= 15 is 0 Å². The molecule has 1 fully saturated rings. The highest BCUT2D eigenvalue weighted by Crippen LogP contribution is 2.15. The van der Waals surface area contributed by atoms with Crippen LogP contribution in [0.15, 0.2) is 24.3 Å². The van der Waals surface area contributed by atoms with Gasteiger partial charge >= 0.3 is 0 Å². The van der Waals surface area contributed by atoms with Crippen LogP contribution in [0.25, 0.3) is 0 Å². The monoisotopic (exact) mass is 349 g/mol. The number of likely N-dealkylation sites (tertiary alicyclic amines) is 1. The molecule has 0 spiro atoms. The van der Waals surface area contributed by atoms with Gasteiger partial charge in [0.2, 0.25) is 11.8 Å². The number of halogens is 1. The molecule has 1 aliphatic heterocycles. The quantitative estimate of drug-likeness (QED) is 0.703. The summed E-state index contributed by atoms with van der Waals surface area (Å²) in [4.78, 5) is 26.0. The van der Waals surface area contributed by atoms with E-state index in [1.165, 1.54) is 25.0 Å². The van der Waals surface area contributed by atoms with Crippen LogP contribution in [0.1, 0.15) is 31.7 Å². The lowest BCUT2D eigenvalue weighted by molar-refractivity contribution is -0.125. The molecule has 0 radical (unpaired) electrons. The third-order valence-corrected chi connectivity index (χ3v) is 4.41. The SMILES string of the molecule is C[C@@H]1CCCN(CCCNC(=O)CNC(=O)Cc2cccc(F)c2)C1. The summed E-state index contributed by atoms with van der Waals surface area (Å²) in [6.45, 7) is 6.13. The third-order valence-electron chi connectivity index (χ3n) is 4.41. The Morgan fingerprint density at radius 1 is 1.28 bits per heavy atom. The van der Waals surface area contributed by atoms with E-state index in [-0.39, 0.29) is 30.6 Å². The molecule has 6 heteroatoms. The fourth-order valence-corrected chi connectivity index (χ4v) is 3.16. The summed E-state index contributed by atoms with van der Waals surface area (Å²) in [6.07, 6.45) is 3.54. The van der Waals surface area contributed by atoms with Gasteiger partial charge in [0.1, 0.15) is 5.82 Å². The Morgan fingerprint density at radius 2 is 2.12 bits per heavy atom. The first-order chi connectivity index (χ1) is 12.0. The lowest BCUT2D eigenvalue weighted by Gasteiger charge is -2.30. The summed E-state index contributed by atoms with van der Waals surface area (Å²) in [7, 11) is 0. The molecular formula is C19H28FN3O2. The van der Waals surface area contributed by atoms with Crippen molar-refractivity contribution in [3.8, 4) is 0 Å². The standard InChI is InChI=1S/C19H28FN3O2/c1-15-5-3-9-23(14-15)10-4-8-21-19(25)13-22-18(24)12-16-6-2-7-17(20)11-16/h2,6-7,11,15H,3-5,8-10,12-14H2,1H3,(H,21,25)(H,22,24)/t15-/m1/s1. The Bertz CT molecular complexity index is 580. The van der Waals surface area contributed by atoms with Crippen molar-refractivity contribution in [3.05, 3.63) is 35.6 Å². The zero-order valence-corrected chi connectivity index (χ0v) is 14.9. The Morgan fingerprint density at radius 3 is 2.88 bits per heavy atom. The van der Waals surface area contributed by atoms with E-state index in [0.717, 1.165) is 32.0 Å². The first-order valence-electron chi connectivity index (χ1n) is 9.03. The number of amides is 2. The molecule has 1 heterocycles. The molecular weight excluding hydrogens is 321 g/mol. The van der Waals surface area contributed by atoms with Crippen LogP contribution in [0.2, 0.25) is 0 Å². The van der Waals surface area contributed by atoms with E-state index in [9.17, 15) is 14.0 Å². The second-order valence-electron chi connectivity index (χ2n) is 6.83. The van der Waals surface area contributed by atoms with Crippen LogP contribution in [0.5, 0.6) is 0 Å². The number of carbonyl (C=O) groups is 2. The smallest absolute Gasteiger partial charge is 0.239 e. The summed E-state index contributed by atoms with van der Waals surface area (Å²) in [5, 5.41) is 5.38. The fourth-order valence-electron chi connectivity index (χ4n) is 3.16. The highest BCUT2D eigenvalue weighted by atomic mass is 19.1. The van der Waals surface area contributed by atoms with Gasteiger partial charge in [-0.25, -0.2) is 4.39 Å². The average Bonchev–Trinajstić information content (AvgIpc) is 2.57. The van der Waals surface area contributed by atoms with Crippen LogP contribution in [0.4, 0.5) is 4.39 Å². The maximum absolute atomic E-state index is 13.1. The molecule has 138 valence electrons. The van der Waals surface area contributed by atoms with Gasteiger partial charge in [0.25, 0.3) is 0 Å². The molecule has 1 aliphatic rings. The van der Waals surface area contributed by atoms with E-state index in [4.69, 9.17) is 0 Å². The minimum atomic E-state index is -0.369. The second kappa shape index (κ2) is 10.1. The van der Waals surface area contributed by atoms with Crippen molar-refractivity contribution >= 4 is 11.8 Å². The molecule has 0 saturated carbocycles. The first kappa shape index (κ1) is 19.4. The van der Waals surface area contributed by atoms with E-state index in [2.05, 4.69) is 22.5 Å². The number of hydrogen-bond donors (Lipinski definition) is 2. The molecule has 2 N–H and O–H groups in total. The van der Waals surface area contributed by atoms with Crippen molar-refractivity contribution < 1.29 is 14.0 Å². The molecule has 5 nitrogen and oxygen atoms in total. The number of piperidine rings is 1. The predicted molar refractivity (Wildman–Crippen MR) is 95.6 cm³/mol. The van der Waals surface area contributed by atoms with Crippen LogP contribution < -0.4 is 10.6 Å². The zero-order valence-electron chi connectivity index (χ0n) is 14.9. The number of hydrogen-bond acceptors (Lipinski definition) is 3. The van der Waals surface area contributed by atoms with Crippen LogP contribution >= 0.6 is 0 Å². The molecule has 1 saturated heterocycles. The summed E-state index contributed by atoms with van der Waals surface area (Å²) >= 11 is 0. The lowest BCUT2D eigenvalue weighted by atomic mass is 10.0. The van der Waals surface area contributed by atoms with Crippen molar-refractivity contribution in [2.45, 2.75) is 32.6 Å². The van der Waals surface area contributed by atoms with Gasteiger partial charge in [-0.15, -0.1) is 0 Å². The molecule has 0 bridgehead atoms. The number of benzene rings is 1. The zero-order chi connectivity index (χ0) is 18.1. The van der Waals surface area contributed by atoms with Gasteiger partial charge in [0.05, 0.1) is 13.0 Å². The largest absolute Gasteiger partial charge is 0.355 e. The molecule has 25 heavy (non-hydrogen) atoms. The number of nitrogens with zero attached hydrogens (tertiary/aromatic N) is 1. The van der Waals surface area contributed by atoms with Crippen LogP contribution in [-0.4, -0.2) is 49.4 Å². The van der Waals surface area contributed by atoms with Crippen molar-refractivity contribution in [2.75, 3.05) is 32.7 Å². The molecule has 0 aromatic heterocycles. The number of carbonyl (C=O) groups excluding carboxylic acids is 2. The van der Waals surface area contributed by atoms with Crippen molar-refractivity contribution in [1.82, 2.24) is 15.5 Å². The molecule has 2 rings (SSSR count). The average molecular weight is 349 g/mol. The summed E-state index contributed by atoms with van der Waals surface area (Å²) in [5.74, 6) is -0.0922. The van der Waals surface area contributed by atoms with Gasteiger partial charge in [0.15, 0.2) is 0 Å². The summed E-state index contributed by atoms with van der Waals surface area (Å²) in [6, 6.07) is 5.90.